The molecule has 0 aliphatic carbocycles. The Morgan fingerprint density at radius 1 is 1.07 bits per heavy atom. The number of ketones is 1. The Morgan fingerprint density at radius 3 is 2.28 bits per heavy atom. The van der Waals surface area contributed by atoms with E-state index in [1.165, 1.54) is 0 Å². The third kappa shape index (κ3) is 8.77. The van der Waals surface area contributed by atoms with Gasteiger partial charge in [-0.05, 0) is 113 Å². The summed E-state index contributed by atoms with van der Waals surface area (Å²) in [6.45, 7) is 14.4. The van der Waals surface area contributed by atoms with Crippen molar-refractivity contribution in [1.82, 2.24) is 14.7 Å². The molecule has 1 N–H and O–H groups in total. The van der Waals surface area contributed by atoms with Gasteiger partial charge in [-0.2, -0.15) is 0 Å². The number of likely N-dealkylation sites (N-methyl/N-ethyl adjacent to an activating group) is 2. The van der Waals surface area contributed by atoms with Gasteiger partial charge in [0, 0.05) is 31.7 Å². The van der Waals surface area contributed by atoms with Gasteiger partial charge in [-0.25, -0.2) is 0 Å². The van der Waals surface area contributed by atoms with Gasteiger partial charge in [-0.3, -0.25) is 14.5 Å². The fourth-order valence-corrected chi connectivity index (χ4v) is 7.52. The van der Waals surface area contributed by atoms with Gasteiger partial charge >= 0.3 is 5.97 Å². The molecule has 3 aliphatic heterocycles. The first-order valence-electron chi connectivity index (χ1n) is 16.3. The van der Waals surface area contributed by atoms with Gasteiger partial charge in [0.25, 0.3) is 0 Å². The number of ether oxygens (including phenoxy) is 4. The number of hydrogen-bond donors (Lipinski definition) is 1. The van der Waals surface area contributed by atoms with E-state index in [0.717, 1.165) is 38.9 Å². The van der Waals surface area contributed by atoms with Crippen LogP contribution in [-0.4, -0.2) is 135 Å². The molecule has 0 radical (unpaired) electrons. The summed E-state index contributed by atoms with van der Waals surface area (Å²) in [5, 5.41) is 11.3. The lowest BCUT2D eigenvalue weighted by Crippen LogP contribution is -2.59. The summed E-state index contributed by atoms with van der Waals surface area (Å²) in [5.74, 6) is -0.787. The first-order valence-corrected chi connectivity index (χ1v) is 16.3. The Balaban J connectivity index is 1.94. The highest BCUT2D eigenvalue weighted by molar-refractivity contribution is 6.04. The number of aliphatic hydroxyl groups excluding tert-OH is 1. The monoisotopic (exact) mass is 611 g/mol. The third-order valence-electron chi connectivity index (χ3n) is 10.4. The van der Waals surface area contributed by atoms with Crippen LogP contribution in [0.2, 0.25) is 0 Å². The number of rotatable bonds is 6. The summed E-state index contributed by atoms with van der Waals surface area (Å²) >= 11 is 0. The third-order valence-corrected chi connectivity index (χ3v) is 10.4. The highest BCUT2D eigenvalue weighted by Gasteiger charge is 2.51. The molecule has 10 nitrogen and oxygen atoms in total. The van der Waals surface area contributed by atoms with Crippen LogP contribution in [0.25, 0.3) is 0 Å². The molecule has 3 aliphatic rings. The molecule has 0 bridgehead atoms. The summed E-state index contributed by atoms with van der Waals surface area (Å²) in [5.41, 5.74) is -2.29. The Morgan fingerprint density at radius 2 is 1.70 bits per heavy atom. The van der Waals surface area contributed by atoms with Crippen LogP contribution in [-0.2, 0) is 28.5 Å². The second-order valence-electron chi connectivity index (χ2n) is 14.9. The first-order chi connectivity index (χ1) is 20.0. The van der Waals surface area contributed by atoms with Crippen molar-refractivity contribution in [2.45, 2.75) is 116 Å². The van der Waals surface area contributed by atoms with Crippen LogP contribution in [0.5, 0.6) is 0 Å². The molecule has 3 fully saturated rings. The zero-order valence-corrected chi connectivity index (χ0v) is 28.8. The molecule has 0 amide bonds. The van der Waals surface area contributed by atoms with Gasteiger partial charge in [-0.1, -0.05) is 13.8 Å². The number of nitrogens with zero attached hydrogens (tertiary/aromatic N) is 3. The number of esters is 1. The smallest absolute Gasteiger partial charge is 0.319 e. The van der Waals surface area contributed by atoms with E-state index in [1.807, 2.05) is 32.8 Å². The molecular weight excluding hydrogens is 550 g/mol. The van der Waals surface area contributed by atoms with E-state index in [0.29, 0.717) is 18.8 Å². The predicted molar refractivity (Wildman–Crippen MR) is 167 cm³/mol. The van der Waals surface area contributed by atoms with Crippen molar-refractivity contribution in [3.05, 3.63) is 0 Å². The number of carbonyl (C=O) groups is 2. The summed E-state index contributed by atoms with van der Waals surface area (Å²) < 4.78 is 24.9. The Hall–Kier alpha value is -1.14. The molecule has 10 heteroatoms. The maximum Gasteiger partial charge on any atom is 0.319 e. The molecule has 3 saturated heterocycles. The maximum absolute atomic E-state index is 14.2. The van der Waals surface area contributed by atoms with Crippen LogP contribution in [0.1, 0.15) is 73.6 Å². The van der Waals surface area contributed by atoms with Crippen LogP contribution in [0.15, 0.2) is 0 Å². The minimum Gasteiger partial charge on any atom is -0.463 e. The van der Waals surface area contributed by atoms with E-state index in [9.17, 15) is 14.7 Å². The highest BCUT2D eigenvalue weighted by atomic mass is 16.7. The average Bonchev–Trinajstić information content (AvgIpc) is 2.94. The van der Waals surface area contributed by atoms with Gasteiger partial charge in [0.1, 0.15) is 18.1 Å². The predicted octanol–water partition coefficient (Wildman–Crippen LogP) is 3.05. The standard InChI is InChI=1S/C33H61N3O7/c1-21-18-33(6,40-11)29(43-30-27(37)26(34(7)8)16-22(2)42-30)23(3)28(38)32(4,5)31(39)41-20-25(36(10)19-21)17-24-12-14-35(9)15-13-24/h21-27,29-30,37H,12-20H2,1-11H3/t21-,22-,23+,25-,26+,27-,29-,30+,33-/m1/s1. The van der Waals surface area contributed by atoms with Crippen molar-refractivity contribution in [2.75, 3.05) is 61.5 Å². The molecule has 0 aromatic rings. The number of aliphatic hydroxyl groups is 1. The molecule has 0 saturated carbocycles. The summed E-state index contributed by atoms with van der Waals surface area (Å²) in [4.78, 5) is 34.4. The fourth-order valence-electron chi connectivity index (χ4n) is 7.52. The lowest BCUT2D eigenvalue weighted by Gasteiger charge is -2.47. The Kier molecular flexibility index (Phi) is 12.6. The van der Waals surface area contributed by atoms with E-state index in [4.69, 9.17) is 18.9 Å². The first kappa shape index (κ1) is 36.3. The molecule has 0 aromatic heterocycles. The quantitative estimate of drug-likeness (QED) is 0.356. The largest absolute Gasteiger partial charge is 0.463 e. The second kappa shape index (κ2) is 15.0. The van der Waals surface area contributed by atoms with Crippen LogP contribution in [0, 0.1) is 23.2 Å². The van der Waals surface area contributed by atoms with Gasteiger partial charge in [0.2, 0.25) is 0 Å². The second-order valence-corrected chi connectivity index (χ2v) is 14.9. The molecule has 0 aromatic carbocycles. The zero-order valence-electron chi connectivity index (χ0n) is 28.8. The van der Waals surface area contributed by atoms with Gasteiger partial charge < -0.3 is 33.9 Å². The molecule has 0 unspecified atom stereocenters. The Bertz CT molecular complexity index is 924. The number of carbonyl (C=O) groups excluding carboxylic acids is 2. The van der Waals surface area contributed by atoms with Crippen molar-refractivity contribution < 1.29 is 33.6 Å². The number of hydrogen-bond acceptors (Lipinski definition) is 10. The van der Waals surface area contributed by atoms with Gasteiger partial charge in [0.05, 0.1) is 17.8 Å². The van der Waals surface area contributed by atoms with E-state index >= 15 is 0 Å². The molecule has 3 rings (SSSR count). The van der Waals surface area contributed by atoms with Crippen molar-refractivity contribution in [1.29, 1.82) is 0 Å². The number of methoxy groups -OCH3 is 1. The molecule has 0 spiro atoms. The number of likely N-dealkylation sites (tertiary alicyclic amines) is 1. The van der Waals surface area contributed by atoms with Crippen LogP contribution >= 0.6 is 0 Å². The average molecular weight is 612 g/mol. The van der Waals surface area contributed by atoms with Gasteiger partial charge in [-0.15, -0.1) is 0 Å². The summed E-state index contributed by atoms with van der Waals surface area (Å²) in [7, 11) is 9.78. The molecule has 3 heterocycles. The minimum absolute atomic E-state index is 0.0555. The lowest BCUT2D eigenvalue weighted by molar-refractivity contribution is -0.295. The van der Waals surface area contributed by atoms with E-state index < -0.39 is 41.4 Å². The maximum atomic E-state index is 14.2. The Labute approximate surface area is 260 Å². The fraction of sp³-hybridized carbons (Fsp3) is 0.939. The molecule has 9 atom stereocenters. The molecule has 43 heavy (non-hydrogen) atoms. The van der Waals surface area contributed by atoms with E-state index in [1.54, 1.807) is 27.9 Å². The highest BCUT2D eigenvalue weighted by Crippen LogP contribution is 2.38. The van der Waals surface area contributed by atoms with Crippen molar-refractivity contribution in [2.24, 2.45) is 23.2 Å². The summed E-state index contributed by atoms with van der Waals surface area (Å²) in [6.07, 6.45) is 1.70. The summed E-state index contributed by atoms with van der Waals surface area (Å²) in [6, 6.07) is -0.108. The number of Topliss-reactive ketones (excluding diaryl/α,β-unsaturated/α-hetero) is 1. The van der Waals surface area contributed by atoms with Gasteiger partial charge in [0.15, 0.2) is 12.1 Å². The van der Waals surface area contributed by atoms with Crippen molar-refractivity contribution in [3.63, 3.8) is 0 Å². The molecule has 250 valence electrons. The zero-order chi connectivity index (χ0) is 32.3. The number of piperidine rings is 1. The SMILES string of the molecule is CO[C@]1(C)C[C@@H](C)CN(C)[C@H](CC2CCN(C)CC2)COC(=O)C(C)(C)C(=O)[C@H](C)[C@H]1O[C@@H]1O[C@H](C)C[C@H](N(C)C)[C@H]1O. The normalized spacial score (nSPS) is 40.0. The van der Waals surface area contributed by atoms with Crippen LogP contribution in [0.4, 0.5) is 0 Å². The topological polar surface area (TPSA) is 101 Å². The van der Waals surface area contributed by atoms with Crippen LogP contribution in [0.3, 0.4) is 0 Å². The molecular formula is C33H61N3O7. The van der Waals surface area contributed by atoms with Crippen molar-refractivity contribution in [3.8, 4) is 0 Å². The van der Waals surface area contributed by atoms with Crippen molar-refractivity contribution >= 4 is 11.8 Å². The van der Waals surface area contributed by atoms with Crippen LogP contribution < -0.4 is 0 Å². The number of cyclic esters (lactones) is 1. The van der Waals surface area contributed by atoms with E-state index in [2.05, 4.69) is 30.8 Å². The lowest BCUT2D eigenvalue weighted by atomic mass is 9.74. The minimum atomic E-state index is -1.39. The van der Waals surface area contributed by atoms with E-state index in [-0.39, 0.29) is 36.5 Å².